The number of aliphatic carboxylic acids is 1. The largest absolute Gasteiger partial charge is 0.481 e. The molecule has 5 nitrogen and oxygen atoms in total. The normalized spacial score (nSPS) is 8.89. The summed E-state index contributed by atoms with van der Waals surface area (Å²) in [6.45, 7) is 18.6. The number of carbonyl (C=O) groups is 1. The molecule has 0 saturated heterocycles. The number of carboxylic acids is 1. The van der Waals surface area contributed by atoms with Crippen LogP contribution in [0.25, 0.3) is 0 Å². The van der Waals surface area contributed by atoms with E-state index in [-0.39, 0.29) is 46.5 Å². The second kappa shape index (κ2) is 26.3. The summed E-state index contributed by atoms with van der Waals surface area (Å²) in [6, 6.07) is 7.50. The first-order valence-electron chi connectivity index (χ1n) is 9.19. The van der Waals surface area contributed by atoms with E-state index in [9.17, 15) is 4.79 Å². The van der Waals surface area contributed by atoms with Crippen molar-refractivity contribution in [3.8, 4) is 0 Å². The fourth-order valence-electron chi connectivity index (χ4n) is 0.881. The second-order valence-corrected chi connectivity index (χ2v) is 7.34. The Labute approximate surface area is 188 Å². The average Bonchev–Trinajstić information content (AvgIpc) is 2.38. The molecule has 166 valence electrons. The minimum absolute atomic E-state index is 0. The van der Waals surface area contributed by atoms with E-state index in [1.54, 1.807) is 41.5 Å². The first-order chi connectivity index (χ1) is 12.1. The van der Waals surface area contributed by atoms with E-state index in [0.29, 0.717) is 0 Å². The Morgan fingerprint density at radius 2 is 1.04 bits per heavy atom. The van der Waals surface area contributed by atoms with Crippen LogP contribution in [0.1, 0.15) is 73.4 Å². The first kappa shape index (κ1) is 38.0. The van der Waals surface area contributed by atoms with Crippen LogP contribution in [0.2, 0.25) is 0 Å². The predicted octanol–water partition coefficient (Wildman–Crippen LogP) is 4.40. The van der Waals surface area contributed by atoms with E-state index in [2.05, 4.69) is 20.8 Å². The number of carboxylic acid groups (broad SMARTS) is 1. The van der Waals surface area contributed by atoms with Crippen LogP contribution >= 0.6 is 0 Å². The maximum Gasteiger partial charge on any atom is 0.307 e. The number of aryl methyl sites for hydroxylation is 1. The molecular weight excluding hydrogens is 392 g/mol. The maximum absolute atomic E-state index is 10.3. The van der Waals surface area contributed by atoms with Gasteiger partial charge in [0.15, 0.2) is 0 Å². The second-order valence-electron chi connectivity index (χ2n) is 7.34. The summed E-state index contributed by atoms with van der Waals surface area (Å²) in [5.41, 5.74) is 2.00. The van der Waals surface area contributed by atoms with E-state index in [0.717, 1.165) is 11.1 Å². The van der Waals surface area contributed by atoms with Gasteiger partial charge in [0, 0.05) is 40.0 Å². The Morgan fingerprint density at radius 3 is 1.21 bits per heavy atom. The van der Waals surface area contributed by atoms with Gasteiger partial charge in [-0.15, -0.1) is 0 Å². The molecule has 1 aromatic carbocycles. The molecule has 6 heteroatoms. The molecule has 0 aromatic heterocycles. The molecule has 0 aliphatic heterocycles. The van der Waals surface area contributed by atoms with Gasteiger partial charge in [-0.25, -0.2) is 0 Å². The summed E-state index contributed by atoms with van der Waals surface area (Å²) < 4.78 is 0. The number of rotatable bonds is 2. The predicted molar refractivity (Wildman–Crippen MR) is 115 cm³/mol. The van der Waals surface area contributed by atoms with E-state index in [1.807, 2.05) is 31.2 Å². The van der Waals surface area contributed by atoms with Gasteiger partial charge in [0.1, 0.15) is 0 Å². The van der Waals surface area contributed by atoms with Gasteiger partial charge < -0.3 is 26.3 Å². The van der Waals surface area contributed by atoms with Crippen molar-refractivity contribution in [2.24, 2.45) is 0 Å². The third kappa shape index (κ3) is 84.5. The molecule has 0 spiro atoms. The van der Waals surface area contributed by atoms with Crippen LogP contribution in [0.5, 0.6) is 0 Å². The van der Waals surface area contributed by atoms with Crippen molar-refractivity contribution in [1.82, 2.24) is 0 Å². The molecule has 0 fully saturated rings. The molecule has 0 amide bonds. The van der Waals surface area contributed by atoms with Crippen LogP contribution in [-0.2, 0) is 32.9 Å². The molecule has 0 aliphatic rings. The molecule has 0 unspecified atom stereocenters. The van der Waals surface area contributed by atoms with Crippen molar-refractivity contribution in [1.29, 1.82) is 0 Å². The Balaban J connectivity index is -0.0000000879. The summed E-state index contributed by atoms with van der Waals surface area (Å²) in [6.07, 6.45) is -0.389. The zero-order valence-electron chi connectivity index (χ0n) is 19.4. The number of hydrogen-bond acceptors (Lipinski definition) is 4. The topological polar surface area (TPSA) is 98.0 Å². The van der Waals surface area contributed by atoms with Crippen molar-refractivity contribution in [3.63, 3.8) is 0 Å². The molecule has 4 N–H and O–H groups in total. The van der Waals surface area contributed by atoms with Gasteiger partial charge in [-0.3, -0.25) is 4.79 Å². The number of aliphatic hydroxyl groups is 3. The minimum atomic E-state index is -0.783. The SMILES string of the molecule is CC(C)O.CC(C)O.CC(C)O.C[C-](C)C.Cc1ccc(CC(=O)O)cc1.[Ti]. The van der Waals surface area contributed by atoms with Crippen LogP contribution in [0.3, 0.4) is 0 Å². The van der Waals surface area contributed by atoms with E-state index in [4.69, 9.17) is 20.4 Å². The molecule has 1 rings (SSSR count). The van der Waals surface area contributed by atoms with Crippen LogP contribution in [0, 0.1) is 12.8 Å². The van der Waals surface area contributed by atoms with Gasteiger partial charge in [0.2, 0.25) is 0 Å². The van der Waals surface area contributed by atoms with Crippen molar-refractivity contribution in [2.75, 3.05) is 0 Å². The quantitative estimate of drug-likeness (QED) is 0.408. The molecular formula is C22H43O5Ti-. The van der Waals surface area contributed by atoms with Crippen LogP contribution in [-0.4, -0.2) is 44.7 Å². The fourth-order valence-corrected chi connectivity index (χ4v) is 0.881. The zero-order chi connectivity index (χ0) is 22.6. The minimum Gasteiger partial charge on any atom is -0.481 e. The van der Waals surface area contributed by atoms with Gasteiger partial charge in [-0.2, -0.15) is 20.8 Å². The van der Waals surface area contributed by atoms with E-state index in [1.165, 1.54) is 5.92 Å². The zero-order valence-corrected chi connectivity index (χ0v) is 21.0. The van der Waals surface area contributed by atoms with Gasteiger partial charge in [0.25, 0.3) is 0 Å². The maximum atomic E-state index is 10.3. The number of hydrogen-bond donors (Lipinski definition) is 4. The van der Waals surface area contributed by atoms with Crippen LogP contribution < -0.4 is 0 Å². The summed E-state index contributed by atoms with van der Waals surface area (Å²) in [7, 11) is 0. The first-order valence-corrected chi connectivity index (χ1v) is 9.19. The number of benzene rings is 1. The molecule has 0 heterocycles. The summed E-state index contributed by atoms with van der Waals surface area (Å²) in [5, 5.41) is 32.6. The van der Waals surface area contributed by atoms with Crippen LogP contribution in [0.4, 0.5) is 0 Å². The summed E-state index contributed by atoms with van der Waals surface area (Å²) in [5.74, 6) is 0.633. The smallest absolute Gasteiger partial charge is 0.307 e. The van der Waals surface area contributed by atoms with Crippen molar-refractivity contribution in [2.45, 2.75) is 94.0 Å². The van der Waals surface area contributed by atoms with Crippen molar-refractivity contribution >= 4 is 5.97 Å². The van der Waals surface area contributed by atoms with Crippen molar-refractivity contribution < 1.29 is 46.9 Å². The summed E-state index contributed by atoms with van der Waals surface area (Å²) in [4.78, 5) is 10.3. The number of aliphatic hydroxyl groups excluding tert-OH is 3. The fraction of sp³-hybridized carbons (Fsp3) is 0.636. The Hall–Kier alpha value is -0.716. The third-order valence-corrected chi connectivity index (χ3v) is 1.48. The van der Waals surface area contributed by atoms with Crippen LogP contribution in [0.15, 0.2) is 24.3 Å². The van der Waals surface area contributed by atoms with Gasteiger partial charge in [0.05, 0.1) is 6.42 Å². The summed E-state index contributed by atoms with van der Waals surface area (Å²) >= 11 is 0. The van der Waals surface area contributed by atoms with Gasteiger partial charge in [-0.05, 0) is 54.0 Å². The average molecular weight is 435 g/mol. The molecule has 1 aromatic rings. The Bertz CT molecular complexity index is 380. The third-order valence-electron chi connectivity index (χ3n) is 1.48. The monoisotopic (exact) mass is 435 g/mol. The van der Waals surface area contributed by atoms with E-state index < -0.39 is 5.97 Å². The molecule has 0 atom stereocenters. The van der Waals surface area contributed by atoms with Gasteiger partial charge >= 0.3 is 5.97 Å². The molecule has 0 bridgehead atoms. The molecule has 0 saturated carbocycles. The molecule has 28 heavy (non-hydrogen) atoms. The van der Waals surface area contributed by atoms with E-state index >= 15 is 0 Å². The van der Waals surface area contributed by atoms with Gasteiger partial charge in [-0.1, -0.05) is 29.8 Å². The van der Waals surface area contributed by atoms with Crippen molar-refractivity contribution in [3.05, 3.63) is 41.3 Å². The Morgan fingerprint density at radius 1 is 0.821 bits per heavy atom. The standard InChI is InChI=1S/C9H10O2.C4H9.3C3H8O.Ti/c1-7-2-4-8(5-3-7)6-9(10)11;1-4(2)3;3*1-3(2)4;/h2-5H,6H2,1H3,(H,10,11);1-3H3;3*3-4H,1-2H3;/q;-1;;;;. The molecule has 0 radical (unpaired) electrons. The molecule has 0 aliphatic carbocycles. The Kier molecular flexibility index (Phi) is 35.6.